The van der Waals surface area contributed by atoms with Gasteiger partial charge in [-0.1, -0.05) is 23.7 Å². The van der Waals surface area contributed by atoms with E-state index in [0.29, 0.717) is 17.3 Å². The standard InChI is InChI=1S/C16H13ClN2O2S2/c1-21-8-10-2-4-11(5-3-10)15(20)19-16-18-12(9-22-16)13-6-7-14(17)23-13/h2-7,9H,8H2,1H3,(H,18,19,20). The van der Waals surface area contributed by atoms with Crippen molar-refractivity contribution in [3.63, 3.8) is 0 Å². The van der Waals surface area contributed by atoms with Gasteiger partial charge in [-0.05, 0) is 29.8 Å². The van der Waals surface area contributed by atoms with Crippen molar-refractivity contribution < 1.29 is 9.53 Å². The molecule has 0 saturated carbocycles. The van der Waals surface area contributed by atoms with E-state index >= 15 is 0 Å². The number of amides is 1. The lowest BCUT2D eigenvalue weighted by Crippen LogP contribution is -2.11. The molecule has 1 aromatic carbocycles. The molecule has 4 nitrogen and oxygen atoms in total. The lowest BCUT2D eigenvalue weighted by Gasteiger charge is -2.03. The Kier molecular flexibility index (Phi) is 5.07. The van der Waals surface area contributed by atoms with Gasteiger partial charge in [-0.3, -0.25) is 10.1 Å². The summed E-state index contributed by atoms with van der Waals surface area (Å²) < 4.78 is 5.77. The number of carbonyl (C=O) groups is 1. The number of hydrogen-bond acceptors (Lipinski definition) is 5. The zero-order valence-electron chi connectivity index (χ0n) is 12.2. The Hall–Kier alpha value is -1.73. The zero-order chi connectivity index (χ0) is 16.2. The number of thiazole rings is 1. The topological polar surface area (TPSA) is 51.2 Å². The maximum Gasteiger partial charge on any atom is 0.257 e. The van der Waals surface area contributed by atoms with Gasteiger partial charge in [0.05, 0.1) is 21.5 Å². The molecule has 0 radical (unpaired) electrons. The fourth-order valence-corrected chi connectivity index (χ4v) is 3.77. The van der Waals surface area contributed by atoms with Crippen LogP contribution >= 0.6 is 34.3 Å². The Bertz CT molecular complexity index is 812. The van der Waals surface area contributed by atoms with Gasteiger partial charge >= 0.3 is 0 Å². The van der Waals surface area contributed by atoms with Crippen LogP contribution < -0.4 is 5.32 Å². The van der Waals surface area contributed by atoms with E-state index in [1.54, 1.807) is 19.2 Å². The highest BCUT2D eigenvalue weighted by Gasteiger charge is 2.11. The molecule has 0 fully saturated rings. The van der Waals surface area contributed by atoms with Crippen LogP contribution in [0.4, 0.5) is 5.13 Å². The summed E-state index contributed by atoms with van der Waals surface area (Å²) in [5.41, 5.74) is 2.42. The minimum atomic E-state index is -0.181. The summed E-state index contributed by atoms with van der Waals surface area (Å²) in [6, 6.07) is 11.1. The minimum Gasteiger partial charge on any atom is -0.380 e. The Morgan fingerprint density at radius 1 is 1.26 bits per heavy atom. The largest absolute Gasteiger partial charge is 0.380 e. The van der Waals surface area contributed by atoms with Crippen LogP contribution in [0, 0.1) is 0 Å². The first-order valence-electron chi connectivity index (χ1n) is 6.76. The second kappa shape index (κ2) is 7.23. The first kappa shape index (κ1) is 16.1. The fourth-order valence-electron chi connectivity index (χ4n) is 1.98. The third-order valence-corrected chi connectivity index (χ3v) is 5.09. The monoisotopic (exact) mass is 364 g/mol. The van der Waals surface area contributed by atoms with Crippen molar-refractivity contribution in [2.45, 2.75) is 6.61 Å². The van der Waals surface area contributed by atoms with Gasteiger partial charge in [0.2, 0.25) is 0 Å². The van der Waals surface area contributed by atoms with Crippen molar-refractivity contribution >= 4 is 45.3 Å². The molecule has 0 spiro atoms. The molecule has 0 aliphatic rings. The third-order valence-electron chi connectivity index (χ3n) is 3.08. The summed E-state index contributed by atoms with van der Waals surface area (Å²) in [6.07, 6.45) is 0. The number of carbonyl (C=O) groups excluding carboxylic acids is 1. The SMILES string of the molecule is COCc1ccc(C(=O)Nc2nc(-c3ccc(Cl)s3)cs2)cc1. The van der Waals surface area contributed by atoms with Crippen molar-refractivity contribution in [1.29, 1.82) is 0 Å². The van der Waals surface area contributed by atoms with Gasteiger partial charge < -0.3 is 4.74 Å². The molecule has 7 heteroatoms. The van der Waals surface area contributed by atoms with Crippen LogP contribution in [-0.4, -0.2) is 18.0 Å². The average Bonchev–Trinajstić information content (AvgIpc) is 3.17. The predicted molar refractivity (Wildman–Crippen MR) is 95.5 cm³/mol. The number of benzene rings is 1. The molecular weight excluding hydrogens is 352 g/mol. The summed E-state index contributed by atoms with van der Waals surface area (Å²) in [4.78, 5) is 17.6. The molecule has 0 saturated heterocycles. The highest BCUT2D eigenvalue weighted by Crippen LogP contribution is 2.32. The average molecular weight is 365 g/mol. The number of halogens is 1. The van der Waals surface area contributed by atoms with E-state index in [1.807, 2.05) is 29.6 Å². The number of nitrogens with zero attached hydrogens (tertiary/aromatic N) is 1. The number of nitrogens with one attached hydrogen (secondary N) is 1. The first-order valence-corrected chi connectivity index (χ1v) is 8.83. The summed E-state index contributed by atoms with van der Waals surface area (Å²) in [7, 11) is 1.64. The van der Waals surface area contributed by atoms with E-state index in [4.69, 9.17) is 16.3 Å². The second-order valence-corrected chi connectivity index (χ2v) is 7.30. The first-order chi connectivity index (χ1) is 11.2. The van der Waals surface area contributed by atoms with E-state index in [9.17, 15) is 4.79 Å². The Balaban J connectivity index is 1.69. The molecule has 2 heterocycles. The second-order valence-electron chi connectivity index (χ2n) is 4.73. The van der Waals surface area contributed by atoms with Crippen LogP contribution in [-0.2, 0) is 11.3 Å². The molecule has 3 rings (SSSR count). The molecule has 0 unspecified atom stereocenters. The molecule has 23 heavy (non-hydrogen) atoms. The van der Waals surface area contributed by atoms with Crippen LogP contribution in [0.15, 0.2) is 41.8 Å². The third kappa shape index (κ3) is 3.97. The number of anilines is 1. The molecule has 1 amide bonds. The minimum absolute atomic E-state index is 0.181. The molecule has 0 aliphatic heterocycles. The lowest BCUT2D eigenvalue weighted by atomic mass is 10.1. The molecule has 0 atom stereocenters. The number of rotatable bonds is 5. The maximum absolute atomic E-state index is 12.2. The maximum atomic E-state index is 12.2. The van der Waals surface area contributed by atoms with Crippen LogP contribution in [0.1, 0.15) is 15.9 Å². The summed E-state index contributed by atoms with van der Waals surface area (Å²) >= 11 is 8.78. The van der Waals surface area contributed by atoms with Crippen LogP contribution in [0.3, 0.4) is 0 Å². The fraction of sp³-hybridized carbons (Fsp3) is 0.125. The molecular formula is C16H13ClN2O2S2. The van der Waals surface area contributed by atoms with E-state index in [1.165, 1.54) is 22.7 Å². The molecule has 1 N–H and O–H groups in total. The molecule has 0 aliphatic carbocycles. The normalized spacial score (nSPS) is 10.7. The van der Waals surface area contributed by atoms with Gasteiger partial charge in [-0.2, -0.15) is 0 Å². The van der Waals surface area contributed by atoms with E-state index in [-0.39, 0.29) is 5.91 Å². The Morgan fingerprint density at radius 3 is 2.70 bits per heavy atom. The quantitative estimate of drug-likeness (QED) is 0.698. The molecule has 118 valence electrons. The zero-order valence-corrected chi connectivity index (χ0v) is 14.6. The van der Waals surface area contributed by atoms with Gasteiger partial charge in [0.15, 0.2) is 5.13 Å². The van der Waals surface area contributed by atoms with Gasteiger partial charge in [0, 0.05) is 18.1 Å². The van der Waals surface area contributed by atoms with Gasteiger partial charge in [-0.15, -0.1) is 22.7 Å². The number of thiophene rings is 1. The lowest BCUT2D eigenvalue weighted by molar-refractivity contribution is 0.102. The van der Waals surface area contributed by atoms with Crippen molar-refractivity contribution in [1.82, 2.24) is 4.98 Å². The summed E-state index contributed by atoms with van der Waals surface area (Å²) in [6.45, 7) is 0.529. The van der Waals surface area contributed by atoms with E-state index in [2.05, 4.69) is 10.3 Å². The summed E-state index contributed by atoms with van der Waals surface area (Å²) in [5, 5.41) is 5.28. The van der Waals surface area contributed by atoms with Crippen molar-refractivity contribution in [3.8, 4) is 10.6 Å². The van der Waals surface area contributed by atoms with Gasteiger partial charge in [0.1, 0.15) is 0 Å². The molecule has 3 aromatic rings. The molecule has 0 bridgehead atoms. The number of hydrogen-bond donors (Lipinski definition) is 1. The van der Waals surface area contributed by atoms with Crippen molar-refractivity contribution in [3.05, 3.63) is 57.2 Å². The van der Waals surface area contributed by atoms with Gasteiger partial charge in [0.25, 0.3) is 5.91 Å². The van der Waals surface area contributed by atoms with Crippen molar-refractivity contribution in [2.75, 3.05) is 12.4 Å². The Morgan fingerprint density at radius 2 is 2.04 bits per heavy atom. The Labute approximate surface area is 146 Å². The number of methoxy groups -OCH3 is 1. The van der Waals surface area contributed by atoms with Crippen molar-refractivity contribution in [2.24, 2.45) is 0 Å². The predicted octanol–water partition coefficient (Wildman–Crippen LogP) is 4.92. The van der Waals surface area contributed by atoms with Crippen LogP contribution in [0.2, 0.25) is 4.34 Å². The smallest absolute Gasteiger partial charge is 0.257 e. The van der Waals surface area contributed by atoms with Crippen LogP contribution in [0.5, 0.6) is 0 Å². The number of ether oxygens (including phenoxy) is 1. The molecule has 2 aromatic heterocycles. The summed E-state index contributed by atoms with van der Waals surface area (Å²) in [5.74, 6) is -0.181. The van der Waals surface area contributed by atoms with E-state index in [0.717, 1.165) is 20.5 Å². The highest BCUT2D eigenvalue weighted by molar-refractivity contribution is 7.20. The highest BCUT2D eigenvalue weighted by atomic mass is 35.5. The van der Waals surface area contributed by atoms with Gasteiger partial charge in [-0.25, -0.2) is 4.98 Å². The number of aromatic nitrogens is 1. The van der Waals surface area contributed by atoms with E-state index < -0.39 is 0 Å². The van der Waals surface area contributed by atoms with Crippen LogP contribution in [0.25, 0.3) is 10.6 Å².